The predicted molar refractivity (Wildman–Crippen MR) is 97.6 cm³/mol. The van der Waals surface area contributed by atoms with E-state index in [1.54, 1.807) is 6.07 Å². The van der Waals surface area contributed by atoms with Gasteiger partial charge in [-0.3, -0.25) is 4.79 Å². The summed E-state index contributed by atoms with van der Waals surface area (Å²) in [6.07, 6.45) is 0. The summed E-state index contributed by atoms with van der Waals surface area (Å²) in [5.41, 5.74) is 1.36. The molecule has 3 aromatic rings. The van der Waals surface area contributed by atoms with Crippen molar-refractivity contribution in [1.29, 1.82) is 0 Å². The van der Waals surface area contributed by atoms with Gasteiger partial charge in [0.2, 0.25) is 0 Å². The number of methoxy groups -OCH3 is 1. The molecule has 0 spiro atoms. The number of thiazole rings is 1. The molecule has 0 amide bonds. The Morgan fingerprint density at radius 2 is 2.00 bits per heavy atom. The third-order valence-corrected chi connectivity index (χ3v) is 4.36. The first-order valence-corrected chi connectivity index (χ1v) is 8.74. The Balaban J connectivity index is 0.00000100. The quantitative estimate of drug-likeness (QED) is 0.729. The second-order valence-electron chi connectivity index (χ2n) is 5.28. The number of benzene rings is 1. The highest BCUT2D eigenvalue weighted by atomic mass is 32.1. The van der Waals surface area contributed by atoms with Crippen LogP contribution in [0.5, 0.6) is 5.75 Å². The molecule has 0 aliphatic rings. The Kier molecular flexibility index (Phi) is 5.72. The molecule has 0 bridgehead atoms. The van der Waals surface area contributed by atoms with Crippen LogP contribution in [-0.4, -0.2) is 17.1 Å². The van der Waals surface area contributed by atoms with E-state index in [0.717, 1.165) is 5.69 Å². The van der Waals surface area contributed by atoms with E-state index in [4.69, 9.17) is 4.74 Å². The molecule has 3 rings (SSSR count). The number of aromatic nitrogens is 2. The van der Waals surface area contributed by atoms with Crippen LogP contribution in [0.4, 0.5) is 4.39 Å². The number of pyridine rings is 1. The molecule has 1 N–H and O–H groups in total. The van der Waals surface area contributed by atoms with Gasteiger partial charge >= 0.3 is 0 Å². The maximum atomic E-state index is 14.4. The van der Waals surface area contributed by atoms with Gasteiger partial charge < -0.3 is 9.72 Å². The van der Waals surface area contributed by atoms with Crippen LogP contribution in [0.1, 0.15) is 39.3 Å². The first kappa shape index (κ1) is 18.1. The molecule has 2 heterocycles. The second-order valence-corrected chi connectivity index (χ2v) is 6.14. The van der Waals surface area contributed by atoms with Gasteiger partial charge in [-0.15, -0.1) is 11.3 Å². The van der Waals surface area contributed by atoms with E-state index < -0.39 is 5.82 Å². The number of nitrogens with one attached hydrogen (secondary N) is 1. The lowest BCUT2D eigenvalue weighted by Gasteiger charge is -2.06. The number of aromatic amines is 1. The topological polar surface area (TPSA) is 55.0 Å². The molecular weight excluding hydrogens is 327 g/mol. The molecule has 4 nitrogen and oxygen atoms in total. The lowest BCUT2D eigenvalue weighted by molar-refractivity contribution is 0.388. The van der Waals surface area contributed by atoms with Crippen molar-refractivity contribution in [1.82, 2.24) is 9.97 Å². The summed E-state index contributed by atoms with van der Waals surface area (Å²) < 4.78 is 19.3. The first-order valence-electron chi connectivity index (χ1n) is 7.86. The van der Waals surface area contributed by atoms with Gasteiger partial charge in [-0.25, -0.2) is 9.37 Å². The third-order valence-electron chi connectivity index (χ3n) is 3.47. The van der Waals surface area contributed by atoms with Gasteiger partial charge in [0.05, 0.1) is 24.0 Å². The van der Waals surface area contributed by atoms with Crippen LogP contribution in [-0.2, 0) is 0 Å². The van der Waals surface area contributed by atoms with Gasteiger partial charge in [-0.2, -0.15) is 0 Å². The van der Waals surface area contributed by atoms with Crippen LogP contribution in [0.2, 0.25) is 0 Å². The minimum Gasteiger partial charge on any atom is -0.494 e. The standard InChI is InChI=1S/C16H15FN2O2S.C2H6/c1-8(2)11-7-22-16(19-11)10-6-12(20)9-4-5-13(21-3)14(17)15(9)18-10;1-2/h4-8H,1-3H3,(H,18,20);1-2H3. The van der Waals surface area contributed by atoms with Gasteiger partial charge in [0.15, 0.2) is 17.0 Å². The van der Waals surface area contributed by atoms with Crippen molar-refractivity contribution in [2.75, 3.05) is 7.11 Å². The van der Waals surface area contributed by atoms with Crippen LogP contribution in [0, 0.1) is 5.82 Å². The Hall–Kier alpha value is -2.21. The fourth-order valence-electron chi connectivity index (χ4n) is 2.21. The van der Waals surface area contributed by atoms with E-state index in [0.29, 0.717) is 22.0 Å². The van der Waals surface area contributed by atoms with Crippen LogP contribution in [0.3, 0.4) is 0 Å². The van der Waals surface area contributed by atoms with E-state index in [1.807, 2.05) is 33.1 Å². The summed E-state index contributed by atoms with van der Waals surface area (Å²) in [5, 5.41) is 2.91. The molecule has 0 radical (unpaired) electrons. The fraction of sp³-hybridized carbons (Fsp3) is 0.333. The highest BCUT2D eigenvalue weighted by molar-refractivity contribution is 7.13. The number of hydrogen-bond donors (Lipinski definition) is 1. The molecule has 128 valence electrons. The minimum atomic E-state index is -0.570. The average molecular weight is 348 g/mol. The molecule has 1 aromatic carbocycles. The smallest absolute Gasteiger partial charge is 0.190 e. The molecule has 0 fully saturated rings. The maximum absolute atomic E-state index is 14.4. The lowest BCUT2D eigenvalue weighted by atomic mass is 10.1. The Labute approximate surface area is 144 Å². The summed E-state index contributed by atoms with van der Waals surface area (Å²) in [4.78, 5) is 19.7. The van der Waals surface area contributed by atoms with Crippen LogP contribution in [0.15, 0.2) is 28.4 Å². The molecule has 6 heteroatoms. The Morgan fingerprint density at radius 1 is 1.29 bits per heavy atom. The largest absolute Gasteiger partial charge is 0.494 e. The van der Waals surface area contributed by atoms with Crippen LogP contribution >= 0.6 is 11.3 Å². The zero-order valence-electron chi connectivity index (χ0n) is 14.4. The predicted octanol–water partition coefficient (Wildman–Crippen LogP) is 4.95. The molecule has 2 aromatic heterocycles. The number of fused-ring (bicyclic) bond motifs is 1. The summed E-state index contributed by atoms with van der Waals surface area (Å²) in [5.74, 6) is -0.170. The van der Waals surface area contributed by atoms with Gasteiger partial charge in [0.1, 0.15) is 5.01 Å². The van der Waals surface area contributed by atoms with Gasteiger partial charge in [-0.05, 0) is 18.1 Å². The normalized spacial score (nSPS) is 10.6. The molecule has 0 aliphatic heterocycles. The number of nitrogens with zero attached hydrogens (tertiary/aromatic N) is 1. The Morgan fingerprint density at radius 3 is 2.58 bits per heavy atom. The van der Waals surface area contributed by atoms with E-state index in [1.165, 1.54) is 30.6 Å². The van der Waals surface area contributed by atoms with Crippen LogP contribution < -0.4 is 10.2 Å². The number of hydrogen-bond acceptors (Lipinski definition) is 4. The van der Waals surface area contributed by atoms with Gasteiger partial charge in [-0.1, -0.05) is 27.7 Å². The minimum absolute atomic E-state index is 0.0994. The number of ether oxygens (including phenoxy) is 1. The molecule has 24 heavy (non-hydrogen) atoms. The fourth-order valence-corrected chi connectivity index (χ4v) is 3.16. The van der Waals surface area contributed by atoms with Crippen molar-refractivity contribution >= 4 is 22.2 Å². The maximum Gasteiger partial charge on any atom is 0.190 e. The highest BCUT2D eigenvalue weighted by Gasteiger charge is 2.14. The SMILES string of the molecule is CC.COc1ccc2c(=O)cc(-c3nc(C(C)C)cs3)[nH]c2c1F. The lowest BCUT2D eigenvalue weighted by Crippen LogP contribution is -2.05. The second kappa shape index (κ2) is 7.57. The van der Waals surface area contributed by atoms with Crippen molar-refractivity contribution in [3.05, 3.63) is 45.3 Å². The number of H-pyrrole nitrogens is 1. The van der Waals surface area contributed by atoms with E-state index in [9.17, 15) is 9.18 Å². The van der Waals surface area contributed by atoms with Crippen molar-refractivity contribution in [3.63, 3.8) is 0 Å². The summed E-state index contributed by atoms with van der Waals surface area (Å²) >= 11 is 1.43. The molecule has 0 aliphatic carbocycles. The van der Waals surface area contributed by atoms with Crippen molar-refractivity contribution in [2.24, 2.45) is 0 Å². The van der Waals surface area contributed by atoms with Crippen LogP contribution in [0.25, 0.3) is 21.6 Å². The first-order chi connectivity index (χ1) is 11.5. The molecule has 0 saturated heterocycles. The van der Waals surface area contributed by atoms with E-state index in [-0.39, 0.29) is 16.7 Å². The van der Waals surface area contributed by atoms with Crippen molar-refractivity contribution in [2.45, 2.75) is 33.6 Å². The monoisotopic (exact) mass is 348 g/mol. The summed E-state index contributed by atoms with van der Waals surface area (Å²) in [6, 6.07) is 4.46. The third kappa shape index (κ3) is 3.33. The van der Waals surface area contributed by atoms with Gasteiger partial charge in [0, 0.05) is 16.8 Å². The Bertz CT molecular complexity index is 900. The van der Waals surface area contributed by atoms with Crippen molar-refractivity contribution < 1.29 is 9.13 Å². The number of rotatable bonds is 3. The molecule has 0 atom stereocenters. The molecule has 0 saturated carbocycles. The zero-order chi connectivity index (χ0) is 17.9. The average Bonchev–Trinajstić information content (AvgIpc) is 3.08. The van der Waals surface area contributed by atoms with Crippen molar-refractivity contribution in [3.8, 4) is 16.5 Å². The molecular formula is C18H21FN2O2S. The van der Waals surface area contributed by atoms with E-state index >= 15 is 0 Å². The summed E-state index contributed by atoms with van der Waals surface area (Å²) in [7, 11) is 1.39. The number of halogens is 1. The zero-order valence-corrected chi connectivity index (χ0v) is 15.3. The van der Waals surface area contributed by atoms with E-state index in [2.05, 4.69) is 9.97 Å². The molecule has 0 unspecified atom stereocenters. The highest BCUT2D eigenvalue weighted by Crippen LogP contribution is 2.28. The summed E-state index contributed by atoms with van der Waals surface area (Å²) in [6.45, 7) is 8.10. The van der Waals surface area contributed by atoms with Gasteiger partial charge in [0.25, 0.3) is 0 Å².